The molecule has 7 nitrogen and oxygen atoms in total. The van der Waals surface area contributed by atoms with E-state index >= 15 is 0 Å². The first-order chi connectivity index (χ1) is 16.4. The second-order valence-electron chi connectivity index (χ2n) is 9.99. The molecule has 34 heavy (non-hydrogen) atoms. The largest absolute Gasteiger partial charge is 0.350 e. The molecule has 3 heterocycles. The average molecular weight is 460 g/mol. The first-order valence-electron chi connectivity index (χ1n) is 12.2. The number of para-hydroxylation sites is 1. The molecule has 1 atom stereocenters. The first kappa shape index (κ1) is 22.6. The van der Waals surface area contributed by atoms with Gasteiger partial charge in [0.05, 0.1) is 17.3 Å². The molecule has 2 fully saturated rings. The van der Waals surface area contributed by atoms with Gasteiger partial charge in [-0.15, -0.1) is 0 Å². The molecule has 3 aromatic rings. The van der Waals surface area contributed by atoms with Crippen LogP contribution < -0.4 is 10.6 Å². The van der Waals surface area contributed by atoms with Crippen LogP contribution in [0.3, 0.4) is 0 Å². The first-order valence-corrected chi connectivity index (χ1v) is 12.2. The van der Waals surface area contributed by atoms with Gasteiger partial charge in [-0.05, 0) is 88.8 Å². The van der Waals surface area contributed by atoms with Crippen LogP contribution >= 0.6 is 0 Å². The number of carbonyl (C=O) groups excluding carboxylic acids is 2. The maximum absolute atomic E-state index is 13.1. The van der Waals surface area contributed by atoms with E-state index in [-0.39, 0.29) is 23.9 Å². The zero-order chi connectivity index (χ0) is 23.8. The van der Waals surface area contributed by atoms with Crippen LogP contribution in [0.5, 0.6) is 0 Å². The van der Waals surface area contributed by atoms with E-state index in [4.69, 9.17) is 0 Å². The Morgan fingerprint density at radius 1 is 1.06 bits per heavy atom. The number of H-pyrrole nitrogens is 1. The topological polar surface area (TPSA) is 90.1 Å². The zero-order valence-electron chi connectivity index (χ0n) is 20.1. The number of aryl methyl sites for hydroxylation is 2. The highest BCUT2D eigenvalue weighted by molar-refractivity contribution is 5.99. The third-order valence-corrected chi connectivity index (χ3v) is 7.22. The van der Waals surface area contributed by atoms with E-state index in [9.17, 15) is 9.59 Å². The number of pyridine rings is 1. The quantitative estimate of drug-likeness (QED) is 0.522. The Morgan fingerprint density at radius 3 is 2.50 bits per heavy atom. The van der Waals surface area contributed by atoms with Crippen LogP contribution in [0.4, 0.5) is 0 Å². The van der Waals surface area contributed by atoms with Gasteiger partial charge in [0.25, 0.3) is 11.8 Å². The third-order valence-electron chi connectivity index (χ3n) is 7.22. The summed E-state index contributed by atoms with van der Waals surface area (Å²) in [5, 5.41) is 7.40. The van der Waals surface area contributed by atoms with Crippen molar-refractivity contribution in [3.8, 4) is 0 Å². The number of hydrogen-bond donors (Lipinski definition) is 3. The minimum absolute atomic E-state index is 0.0721. The molecular formula is C27H33N5O2. The molecule has 178 valence electrons. The highest BCUT2D eigenvalue weighted by atomic mass is 16.2. The predicted octanol–water partition coefficient (Wildman–Crippen LogP) is 3.88. The van der Waals surface area contributed by atoms with Crippen LogP contribution in [-0.4, -0.2) is 52.9 Å². The van der Waals surface area contributed by atoms with Gasteiger partial charge in [-0.1, -0.05) is 18.2 Å². The van der Waals surface area contributed by atoms with Crippen LogP contribution in [-0.2, 0) is 0 Å². The van der Waals surface area contributed by atoms with Gasteiger partial charge in [-0.2, -0.15) is 0 Å². The minimum Gasteiger partial charge on any atom is -0.350 e. The maximum Gasteiger partial charge on any atom is 0.268 e. The van der Waals surface area contributed by atoms with Crippen molar-refractivity contribution < 1.29 is 9.59 Å². The minimum atomic E-state index is -0.161. The van der Waals surface area contributed by atoms with Gasteiger partial charge in [0.15, 0.2) is 0 Å². The number of hydrogen-bond acceptors (Lipinski definition) is 4. The van der Waals surface area contributed by atoms with Gasteiger partial charge < -0.3 is 20.5 Å². The molecule has 1 aromatic carbocycles. The van der Waals surface area contributed by atoms with Gasteiger partial charge in [0.2, 0.25) is 0 Å². The molecule has 2 aliphatic rings. The number of benzene rings is 1. The van der Waals surface area contributed by atoms with Crippen LogP contribution in [0.15, 0.2) is 36.5 Å². The summed E-state index contributed by atoms with van der Waals surface area (Å²) >= 11 is 0. The third kappa shape index (κ3) is 4.71. The fraction of sp³-hybridized carbons (Fsp3) is 0.444. The normalized spacial score (nSPS) is 18.1. The Hall–Kier alpha value is -3.19. The Bertz CT molecular complexity index is 1220. The summed E-state index contributed by atoms with van der Waals surface area (Å²) in [6, 6.07) is 9.89. The Morgan fingerprint density at radius 2 is 1.82 bits per heavy atom. The summed E-state index contributed by atoms with van der Waals surface area (Å²) < 4.78 is 0. The maximum atomic E-state index is 13.1. The second kappa shape index (κ2) is 9.22. The van der Waals surface area contributed by atoms with Crippen molar-refractivity contribution in [3.63, 3.8) is 0 Å². The van der Waals surface area contributed by atoms with Crippen LogP contribution in [0.25, 0.3) is 10.9 Å². The van der Waals surface area contributed by atoms with Gasteiger partial charge in [-0.3, -0.25) is 14.6 Å². The number of nitrogens with zero attached hydrogens (tertiary/aromatic N) is 2. The molecule has 7 heteroatoms. The molecule has 2 aromatic heterocycles. The molecule has 1 unspecified atom stereocenters. The van der Waals surface area contributed by atoms with Crippen molar-refractivity contribution in [1.82, 2.24) is 25.5 Å². The molecule has 1 aliphatic carbocycles. The molecule has 1 saturated heterocycles. The number of aromatic nitrogens is 2. The number of rotatable bonds is 6. The van der Waals surface area contributed by atoms with Crippen molar-refractivity contribution in [3.05, 3.63) is 64.6 Å². The summed E-state index contributed by atoms with van der Waals surface area (Å²) in [6.07, 6.45) is 5.72. The molecule has 0 bridgehead atoms. The fourth-order valence-electron chi connectivity index (χ4n) is 4.94. The van der Waals surface area contributed by atoms with Gasteiger partial charge in [0.1, 0.15) is 5.69 Å². The van der Waals surface area contributed by atoms with Crippen molar-refractivity contribution in [2.75, 3.05) is 20.1 Å². The molecule has 3 N–H and O–H groups in total. The number of carbonyl (C=O) groups is 2. The molecule has 5 rings (SSSR count). The summed E-state index contributed by atoms with van der Waals surface area (Å²) in [5.41, 5.74) is 5.01. The van der Waals surface area contributed by atoms with E-state index in [1.807, 2.05) is 44.2 Å². The molecule has 2 amide bonds. The predicted molar refractivity (Wildman–Crippen MR) is 133 cm³/mol. The summed E-state index contributed by atoms with van der Waals surface area (Å²) in [6.45, 7) is 6.01. The molecule has 1 saturated carbocycles. The molecule has 0 spiro atoms. The number of fused-ring (bicyclic) bond motifs is 1. The lowest BCUT2D eigenvalue weighted by molar-refractivity contribution is 0.0909. The monoisotopic (exact) mass is 459 g/mol. The summed E-state index contributed by atoms with van der Waals surface area (Å²) in [4.78, 5) is 36.2. The van der Waals surface area contributed by atoms with E-state index in [2.05, 4.69) is 32.5 Å². The van der Waals surface area contributed by atoms with Gasteiger partial charge >= 0.3 is 0 Å². The molecule has 0 radical (unpaired) electrons. The number of piperidine rings is 1. The Kier molecular flexibility index (Phi) is 6.13. The number of aromatic amines is 1. The average Bonchev–Trinajstić information content (AvgIpc) is 3.56. The molecular weight excluding hydrogens is 426 g/mol. The lowest BCUT2D eigenvalue weighted by Gasteiger charge is -2.29. The van der Waals surface area contributed by atoms with Gasteiger partial charge in [-0.25, -0.2) is 0 Å². The summed E-state index contributed by atoms with van der Waals surface area (Å²) in [5.74, 6) is 0.176. The highest BCUT2D eigenvalue weighted by Crippen LogP contribution is 2.41. The lowest BCUT2D eigenvalue weighted by atomic mass is 10.0. The summed E-state index contributed by atoms with van der Waals surface area (Å²) in [7, 11) is 2.11. The van der Waals surface area contributed by atoms with Crippen LogP contribution in [0.2, 0.25) is 0 Å². The van der Waals surface area contributed by atoms with E-state index in [0.29, 0.717) is 17.2 Å². The van der Waals surface area contributed by atoms with Crippen molar-refractivity contribution in [2.45, 2.75) is 51.6 Å². The van der Waals surface area contributed by atoms with Gasteiger partial charge in [0, 0.05) is 23.1 Å². The number of likely N-dealkylation sites (tertiary alicyclic amines) is 1. The molecule has 1 aliphatic heterocycles. The van der Waals surface area contributed by atoms with Crippen molar-refractivity contribution in [1.29, 1.82) is 0 Å². The van der Waals surface area contributed by atoms with E-state index in [1.54, 1.807) is 6.20 Å². The van der Waals surface area contributed by atoms with Crippen molar-refractivity contribution >= 4 is 22.7 Å². The Balaban J connectivity index is 1.31. The van der Waals surface area contributed by atoms with Crippen molar-refractivity contribution in [2.24, 2.45) is 5.92 Å². The smallest absolute Gasteiger partial charge is 0.268 e. The number of amides is 2. The van der Waals surface area contributed by atoms with E-state index in [0.717, 1.165) is 66.5 Å². The zero-order valence-corrected chi connectivity index (χ0v) is 20.1. The van der Waals surface area contributed by atoms with E-state index in [1.165, 1.54) is 0 Å². The van der Waals surface area contributed by atoms with E-state index < -0.39 is 0 Å². The standard InChI is InChI=1S/C27H33N5O2/c1-16-5-4-6-19-14-22(30-23(16)19)27(34)31-25(18-7-8-18)24-17(2)13-20(15-28-24)26(33)29-21-9-11-32(3)12-10-21/h4-6,13-15,18,21,25,30H,7-12H2,1-3H3,(H,29,33)(H,31,34). The fourth-order valence-corrected chi connectivity index (χ4v) is 4.94. The second-order valence-corrected chi connectivity index (χ2v) is 9.99. The number of nitrogens with one attached hydrogen (secondary N) is 3. The Labute approximate surface area is 200 Å². The van der Waals surface area contributed by atoms with Crippen LogP contribution in [0, 0.1) is 19.8 Å². The van der Waals surface area contributed by atoms with Crippen LogP contribution in [0.1, 0.15) is 69.4 Å². The SMILES string of the molecule is Cc1cc(C(=O)NC2CCN(C)CC2)cnc1C(NC(=O)c1cc2cccc(C)c2[nH]1)C1CC1. The highest BCUT2D eigenvalue weighted by Gasteiger charge is 2.36. The lowest BCUT2D eigenvalue weighted by Crippen LogP contribution is -2.43.